The van der Waals surface area contributed by atoms with Crippen LogP contribution in [-0.4, -0.2) is 36.9 Å². The van der Waals surface area contributed by atoms with E-state index in [1.54, 1.807) is 0 Å². The van der Waals surface area contributed by atoms with Gasteiger partial charge in [0.05, 0.1) is 6.21 Å². The summed E-state index contributed by atoms with van der Waals surface area (Å²) in [6.07, 6.45) is 7.95. The third kappa shape index (κ3) is 1.69. The summed E-state index contributed by atoms with van der Waals surface area (Å²) in [4.78, 5) is 7.45. The number of hydrogen-bond acceptors (Lipinski definition) is 3. The normalized spacial score (nSPS) is 32.3. The zero-order chi connectivity index (χ0) is 9.97. The van der Waals surface area contributed by atoms with Crippen molar-refractivity contribution in [2.24, 2.45) is 5.16 Å². The Morgan fingerprint density at radius 2 is 2.50 bits per heavy atom. The van der Waals surface area contributed by atoms with E-state index in [9.17, 15) is 0 Å². The van der Waals surface area contributed by atoms with Crippen molar-refractivity contribution in [3.05, 3.63) is 11.6 Å². The molecule has 2 aliphatic heterocycles. The SMILES string of the molecule is CCON=CC1=CCC2CCC1N2C. The monoisotopic (exact) mass is 194 g/mol. The summed E-state index contributed by atoms with van der Waals surface area (Å²) in [5.74, 6) is 0. The molecule has 3 heteroatoms. The fraction of sp³-hybridized carbons (Fsp3) is 0.727. The van der Waals surface area contributed by atoms with E-state index in [-0.39, 0.29) is 0 Å². The van der Waals surface area contributed by atoms with Crippen LogP contribution in [-0.2, 0) is 4.84 Å². The Kier molecular flexibility index (Phi) is 2.87. The van der Waals surface area contributed by atoms with E-state index in [1.807, 2.05) is 13.1 Å². The second-order valence-corrected chi connectivity index (χ2v) is 4.00. The van der Waals surface area contributed by atoms with Gasteiger partial charge in [-0.15, -0.1) is 0 Å². The van der Waals surface area contributed by atoms with Gasteiger partial charge in [-0.2, -0.15) is 0 Å². The van der Waals surface area contributed by atoms with Crippen molar-refractivity contribution in [3.63, 3.8) is 0 Å². The molecule has 78 valence electrons. The van der Waals surface area contributed by atoms with Gasteiger partial charge in [-0.3, -0.25) is 4.90 Å². The molecule has 2 rings (SSSR count). The Balaban J connectivity index is 2.02. The van der Waals surface area contributed by atoms with Crippen LogP contribution in [0.3, 0.4) is 0 Å². The maximum absolute atomic E-state index is 4.99. The van der Waals surface area contributed by atoms with Gasteiger partial charge in [-0.25, -0.2) is 0 Å². The zero-order valence-corrected chi connectivity index (χ0v) is 8.94. The first-order valence-corrected chi connectivity index (χ1v) is 5.40. The molecule has 0 aromatic carbocycles. The van der Waals surface area contributed by atoms with Crippen molar-refractivity contribution < 1.29 is 4.84 Å². The highest BCUT2D eigenvalue weighted by molar-refractivity contribution is 5.80. The molecule has 0 aromatic rings. The molecule has 2 bridgehead atoms. The number of fused-ring (bicyclic) bond motifs is 2. The number of oxime groups is 1. The summed E-state index contributed by atoms with van der Waals surface area (Å²) in [6, 6.07) is 1.35. The van der Waals surface area contributed by atoms with Gasteiger partial charge in [0.25, 0.3) is 0 Å². The van der Waals surface area contributed by atoms with Crippen molar-refractivity contribution in [2.45, 2.75) is 38.3 Å². The van der Waals surface area contributed by atoms with Crippen LogP contribution in [0.5, 0.6) is 0 Å². The molecule has 1 saturated heterocycles. The highest BCUT2D eigenvalue weighted by Gasteiger charge is 2.34. The minimum Gasteiger partial charge on any atom is -0.396 e. The van der Waals surface area contributed by atoms with Gasteiger partial charge in [0.2, 0.25) is 0 Å². The minimum absolute atomic E-state index is 0.581. The Morgan fingerprint density at radius 1 is 1.64 bits per heavy atom. The van der Waals surface area contributed by atoms with Gasteiger partial charge in [0, 0.05) is 12.1 Å². The van der Waals surface area contributed by atoms with E-state index >= 15 is 0 Å². The Hall–Kier alpha value is -0.830. The van der Waals surface area contributed by atoms with Crippen LogP contribution in [0.1, 0.15) is 26.2 Å². The highest BCUT2D eigenvalue weighted by atomic mass is 16.6. The van der Waals surface area contributed by atoms with E-state index in [2.05, 4.69) is 23.2 Å². The van der Waals surface area contributed by atoms with Crippen molar-refractivity contribution in [1.29, 1.82) is 0 Å². The van der Waals surface area contributed by atoms with Crippen LogP contribution in [0.15, 0.2) is 16.8 Å². The molecule has 0 aliphatic carbocycles. The second kappa shape index (κ2) is 4.13. The molecule has 2 aliphatic rings. The molecule has 2 atom stereocenters. The maximum Gasteiger partial charge on any atom is 0.114 e. The van der Waals surface area contributed by atoms with E-state index in [0.29, 0.717) is 12.6 Å². The standard InChI is InChI=1S/C11H18N2O/c1-3-14-12-8-9-4-5-10-6-7-11(9)13(10)2/h4,8,10-11H,3,5-7H2,1-2H3. The third-order valence-electron chi connectivity index (χ3n) is 3.26. The van der Waals surface area contributed by atoms with Crippen LogP contribution in [0.2, 0.25) is 0 Å². The van der Waals surface area contributed by atoms with E-state index in [0.717, 1.165) is 6.04 Å². The third-order valence-corrected chi connectivity index (χ3v) is 3.26. The molecule has 0 amide bonds. The molecule has 3 nitrogen and oxygen atoms in total. The first-order chi connectivity index (χ1) is 6.83. The highest BCUT2D eigenvalue weighted by Crippen LogP contribution is 2.33. The lowest BCUT2D eigenvalue weighted by atomic mass is 10.0. The van der Waals surface area contributed by atoms with Crippen molar-refractivity contribution in [3.8, 4) is 0 Å². The van der Waals surface area contributed by atoms with Gasteiger partial charge >= 0.3 is 0 Å². The van der Waals surface area contributed by atoms with E-state index in [1.165, 1.54) is 24.8 Å². The lowest BCUT2D eigenvalue weighted by Gasteiger charge is -2.29. The van der Waals surface area contributed by atoms with Crippen LogP contribution in [0.4, 0.5) is 0 Å². The van der Waals surface area contributed by atoms with Crippen LogP contribution < -0.4 is 0 Å². The van der Waals surface area contributed by atoms with Crippen LogP contribution in [0, 0.1) is 0 Å². The summed E-state index contributed by atoms with van der Waals surface area (Å²) in [7, 11) is 2.21. The van der Waals surface area contributed by atoms with Gasteiger partial charge in [0.1, 0.15) is 6.61 Å². The molecule has 14 heavy (non-hydrogen) atoms. The summed E-state index contributed by atoms with van der Waals surface area (Å²) in [5.41, 5.74) is 1.33. The topological polar surface area (TPSA) is 24.8 Å². The maximum atomic E-state index is 4.99. The number of likely N-dealkylation sites (N-methyl/N-ethyl adjacent to an activating group) is 1. The molecule has 0 saturated carbocycles. The van der Waals surface area contributed by atoms with E-state index < -0.39 is 0 Å². The molecule has 0 aromatic heterocycles. The van der Waals surface area contributed by atoms with Crippen molar-refractivity contribution >= 4 is 6.21 Å². The van der Waals surface area contributed by atoms with Gasteiger partial charge in [-0.05, 0) is 38.8 Å². The first kappa shape index (κ1) is 9.71. The van der Waals surface area contributed by atoms with Gasteiger partial charge < -0.3 is 4.84 Å². The molecule has 0 N–H and O–H groups in total. The predicted octanol–water partition coefficient (Wildman–Crippen LogP) is 1.80. The number of rotatable bonds is 3. The molecule has 0 radical (unpaired) electrons. The zero-order valence-electron chi connectivity index (χ0n) is 8.94. The summed E-state index contributed by atoms with van der Waals surface area (Å²) in [5, 5.41) is 3.94. The smallest absolute Gasteiger partial charge is 0.114 e. The van der Waals surface area contributed by atoms with Gasteiger partial charge in [-0.1, -0.05) is 11.2 Å². The molecule has 2 heterocycles. The predicted molar refractivity (Wildman–Crippen MR) is 57.4 cm³/mol. The lowest BCUT2D eigenvalue weighted by Crippen LogP contribution is -2.36. The average Bonchev–Trinajstić information content (AvgIpc) is 2.44. The lowest BCUT2D eigenvalue weighted by molar-refractivity contribution is 0.160. The molecule has 1 fully saturated rings. The van der Waals surface area contributed by atoms with Crippen molar-refractivity contribution in [2.75, 3.05) is 13.7 Å². The molecular weight excluding hydrogens is 176 g/mol. The fourth-order valence-electron chi connectivity index (χ4n) is 2.42. The van der Waals surface area contributed by atoms with E-state index in [4.69, 9.17) is 4.84 Å². The molecule has 0 spiro atoms. The quantitative estimate of drug-likeness (QED) is 0.505. The first-order valence-electron chi connectivity index (χ1n) is 5.40. The fourth-order valence-corrected chi connectivity index (χ4v) is 2.42. The number of hydrogen-bond donors (Lipinski definition) is 0. The Labute approximate surface area is 85.4 Å². The number of nitrogens with zero attached hydrogens (tertiary/aromatic N) is 2. The molecular formula is C11H18N2O. The van der Waals surface area contributed by atoms with Gasteiger partial charge in [0.15, 0.2) is 0 Å². The summed E-state index contributed by atoms with van der Waals surface area (Å²) >= 11 is 0. The largest absolute Gasteiger partial charge is 0.396 e. The Morgan fingerprint density at radius 3 is 3.29 bits per heavy atom. The Bertz CT molecular complexity index is 260. The average molecular weight is 194 g/mol. The summed E-state index contributed by atoms with van der Waals surface area (Å²) < 4.78 is 0. The minimum atomic E-state index is 0.581. The van der Waals surface area contributed by atoms with Crippen LogP contribution in [0.25, 0.3) is 0 Å². The summed E-state index contributed by atoms with van der Waals surface area (Å²) in [6.45, 7) is 2.59. The molecule has 2 unspecified atom stereocenters. The van der Waals surface area contributed by atoms with Crippen molar-refractivity contribution in [1.82, 2.24) is 4.90 Å². The van der Waals surface area contributed by atoms with Crippen LogP contribution >= 0.6 is 0 Å². The second-order valence-electron chi connectivity index (χ2n) is 4.00.